The number of allylic oxidation sites excluding steroid dienone is 1. The van der Waals surface area contributed by atoms with Gasteiger partial charge in [0, 0.05) is 0 Å². The van der Waals surface area contributed by atoms with Crippen molar-refractivity contribution < 1.29 is 9.53 Å². The molecule has 0 atom stereocenters. The molecule has 0 heterocycles. The van der Waals surface area contributed by atoms with E-state index in [-0.39, 0.29) is 5.97 Å². The molecule has 1 aromatic rings. The van der Waals surface area contributed by atoms with Crippen LogP contribution < -0.4 is 0 Å². The van der Waals surface area contributed by atoms with Gasteiger partial charge in [0.25, 0.3) is 0 Å². The Hall–Kier alpha value is -2.08. The molecule has 0 saturated carbocycles. The molecule has 3 nitrogen and oxygen atoms in total. The van der Waals surface area contributed by atoms with Crippen molar-refractivity contribution in [1.29, 1.82) is 0 Å². The van der Waals surface area contributed by atoms with Gasteiger partial charge >= 0.3 is 5.97 Å². The highest BCUT2D eigenvalue weighted by Crippen LogP contribution is 2.31. The molecule has 0 aromatic heterocycles. The third-order valence-corrected chi connectivity index (χ3v) is 2.44. The first kappa shape index (κ1) is 9.47. The van der Waals surface area contributed by atoms with Crippen molar-refractivity contribution in [3.8, 4) is 0 Å². The fourth-order valence-corrected chi connectivity index (χ4v) is 1.71. The number of hydrogen-bond acceptors (Lipinski definition) is 2. The van der Waals surface area contributed by atoms with Gasteiger partial charge in [0.2, 0.25) is 0 Å². The number of hydrogen-bond donors (Lipinski definition) is 0. The standard InChI is InChI=1S/C12H9NO2/c1-13-9-4-6-10-8(7-9)3-5-11(10)12(14)15-2/h4-7H,3H2,2H3. The molecule has 0 fully saturated rings. The lowest BCUT2D eigenvalue weighted by Gasteiger charge is -2.03. The van der Waals surface area contributed by atoms with Gasteiger partial charge < -0.3 is 4.74 Å². The Morgan fingerprint density at radius 3 is 3.00 bits per heavy atom. The summed E-state index contributed by atoms with van der Waals surface area (Å²) in [6, 6.07) is 5.33. The number of rotatable bonds is 1. The van der Waals surface area contributed by atoms with E-state index in [4.69, 9.17) is 6.57 Å². The number of carbonyl (C=O) groups is 1. The molecule has 1 aromatic carbocycles. The second-order valence-corrected chi connectivity index (χ2v) is 3.27. The molecule has 0 radical (unpaired) electrons. The quantitative estimate of drug-likeness (QED) is 0.513. The number of fused-ring (bicyclic) bond motifs is 1. The highest BCUT2D eigenvalue weighted by Gasteiger charge is 2.20. The van der Waals surface area contributed by atoms with Crippen LogP contribution in [-0.4, -0.2) is 13.1 Å². The van der Waals surface area contributed by atoms with Gasteiger partial charge in [0.1, 0.15) is 0 Å². The molecule has 2 rings (SSSR count). The van der Waals surface area contributed by atoms with Gasteiger partial charge in [-0.25, -0.2) is 9.64 Å². The molecule has 74 valence electrons. The molecule has 0 N–H and O–H groups in total. The third-order valence-electron chi connectivity index (χ3n) is 2.44. The Kier molecular flexibility index (Phi) is 2.26. The average molecular weight is 199 g/mol. The van der Waals surface area contributed by atoms with E-state index in [0.29, 0.717) is 17.7 Å². The Morgan fingerprint density at radius 1 is 1.53 bits per heavy atom. The topological polar surface area (TPSA) is 30.7 Å². The molecule has 0 bridgehead atoms. The van der Waals surface area contributed by atoms with E-state index >= 15 is 0 Å². The van der Waals surface area contributed by atoms with E-state index in [1.807, 2.05) is 12.1 Å². The molecule has 15 heavy (non-hydrogen) atoms. The summed E-state index contributed by atoms with van der Waals surface area (Å²) in [5.41, 5.74) is 3.11. The van der Waals surface area contributed by atoms with Crippen molar-refractivity contribution in [3.05, 3.63) is 46.8 Å². The second kappa shape index (κ2) is 3.58. The number of benzene rings is 1. The summed E-state index contributed by atoms with van der Waals surface area (Å²) in [6.45, 7) is 6.89. The van der Waals surface area contributed by atoms with Gasteiger partial charge in [-0.2, -0.15) is 0 Å². The van der Waals surface area contributed by atoms with Crippen LogP contribution in [0.15, 0.2) is 24.3 Å². The zero-order valence-corrected chi connectivity index (χ0v) is 8.28. The Balaban J connectivity index is 2.42. The summed E-state index contributed by atoms with van der Waals surface area (Å²) in [5, 5.41) is 0. The van der Waals surface area contributed by atoms with Crippen molar-refractivity contribution in [1.82, 2.24) is 0 Å². The van der Waals surface area contributed by atoms with Gasteiger partial charge in [-0.3, -0.25) is 0 Å². The normalized spacial score (nSPS) is 12.7. The maximum atomic E-state index is 11.4. The van der Waals surface area contributed by atoms with Crippen LogP contribution >= 0.6 is 0 Å². The van der Waals surface area contributed by atoms with E-state index in [1.54, 1.807) is 12.1 Å². The molecule has 0 spiro atoms. The van der Waals surface area contributed by atoms with Crippen LogP contribution in [0.3, 0.4) is 0 Å². The van der Waals surface area contributed by atoms with E-state index in [0.717, 1.165) is 11.1 Å². The third kappa shape index (κ3) is 1.50. The van der Waals surface area contributed by atoms with Gasteiger partial charge in [0.05, 0.1) is 19.3 Å². The predicted molar refractivity (Wildman–Crippen MR) is 56.4 cm³/mol. The summed E-state index contributed by atoms with van der Waals surface area (Å²) in [4.78, 5) is 14.7. The predicted octanol–water partition coefficient (Wildman–Crippen LogP) is 2.35. The highest BCUT2D eigenvalue weighted by atomic mass is 16.5. The fraction of sp³-hybridized carbons (Fsp3) is 0.167. The highest BCUT2D eigenvalue weighted by molar-refractivity contribution is 6.18. The van der Waals surface area contributed by atoms with Gasteiger partial charge in [0.15, 0.2) is 5.69 Å². The van der Waals surface area contributed by atoms with Crippen molar-refractivity contribution in [2.24, 2.45) is 0 Å². The van der Waals surface area contributed by atoms with Crippen LogP contribution in [-0.2, 0) is 16.0 Å². The maximum Gasteiger partial charge on any atom is 0.338 e. The molecule has 1 aliphatic rings. The van der Waals surface area contributed by atoms with Crippen molar-refractivity contribution in [3.63, 3.8) is 0 Å². The first-order chi connectivity index (χ1) is 7.26. The monoisotopic (exact) mass is 199 g/mol. The Bertz CT molecular complexity index is 495. The van der Waals surface area contributed by atoms with Crippen LogP contribution in [0.5, 0.6) is 0 Å². The number of nitrogens with zero attached hydrogens (tertiary/aromatic N) is 1. The lowest BCUT2D eigenvalue weighted by atomic mass is 10.1. The molecular formula is C12H9NO2. The minimum absolute atomic E-state index is 0.315. The molecule has 0 unspecified atom stereocenters. The molecule has 0 aliphatic heterocycles. The van der Waals surface area contributed by atoms with Crippen molar-refractivity contribution in [2.75, 3.05) is 7.11 Å². The smallest absolute Gasteiger partial charge is 0.338 e. The summed E-state index contributed by atoms with van der Waals surface area (Å²) in [5.74, 6) is -0.315. The molecule has 0 saturated heterocycles. The summed E-state index contributed by atoms with van der Waals surface area (Å²) < 4.78 is 4.68. The van der Waals surface area contributed by atoms with Gasteiger partial charge in [-0.1, -0.05) is 24.3 Å². The molecular weight excluding hydrogens is 190 g/mol. The SMILES string of the molecule is [C-]#[N+]c1ccc2c(c1)CC=C2C(=O)OC. The first-order valence-electron chi connectivity index (χ1n) is 4.55. The van der Waals surface area contributed by atoms with Gasteiger partial charge in [-0.15, -0.1) is 0 Å². The zero-order chi connectivity index (χ0) is 10.8. The number of methoxy groups -OCH3 is 1. The van der Waals surface area contributed by atoms with Gasteiger partial charge in [-0.05, 0) is 17.5 Å². The molecule has 3 heteroatoms. The second-order valence-electron chi connectivity index (χ2n) is 3.27. The number of carbonyl (C=O) groups excluding carboxylic acids is 1. The van der Waals surface area contributed by atoms with Crippen LogP contribution in [0, 0.1) is 6.57 Å². The Morgan fingerprint density at radius 2 is 2.33 bits per heavy atom. The van der Waals surface area contributed by atoms with Crippen molar-refractivity contribution >= 4 is 17.2 Å². The Labute approximate surface area is 87.8 Å². The van der Waals surface area contributed by atoms with E-state index < -0.39 is 0 Å². The lowest BCUT2D eigenvalue weighted by Crippen LogP contribution is -2.02. The largest absolute Gasteiger partial charge is 0.465 e. The minimum Gasteiger partial charge on any atom is -0.465 e. The molecule has 1 aliphatic carbocycles. The van der Waals surface area contributed by atoms with Crippen LogP contribution in [0.4, 0.5) is 5.69 Å². The van der Waals surface area contributed by atoms with Crippen molar-refractivity contribution in [2.45, 2.75) is 6.42 Å². The van der Waals surface area contributed by atoms with Crippen LogP contribution in [0.25, 0.3) is 10.4 Å². The number of ether oxygens (including phenoxy) is 1. The average Bonchev–Trinajstić information content (AvgIpc) is 2.70. The summed E-state index contributed by atoms with van der Waals surface area (Å²) in [7, 11) is 1.37. The first-order valence-corrected chi connectivity index (χ1v) is 4.55. The molecule has 0 amide bonds. The van der Waals surface area contributed by atoms with Crippen LogP contribution in [0.1, 0.15) is 11.1 Å². The minimum atomic E-state index is -0.315. The number of esters is 1. The summed E-state index contributed by atoms with van der Waals surface area (Å²) >= 11 is 0. The van der Waals surface area contributed by atoms with Crippen LogP contribution in [0.2, 0.25) is 0 Å². The van der Waals surface area contributed by atoms with E-state index in [1.165, 1.54) is 7.11 Å². The van der Waals surface area contributed by atoms with E-state index in [2.05, 4.69) is 9.58 Å². The summed E-state index contributed by atoms with van der Waals surface area (Å²) in [6.07, 6.45) is 2.54. The van der Waals surface area contributed by atoms with E-state index in [9.17, 15) is 4.79 Å². The fourth-order valence-electron chi connectivity index (χ4n) is 1.71. The maximum absolute atomic E-state index is 11.4. The zero-order valence-electron chi connectivity index (χ0n) is 8.28. The lowest BCUT2D eigenvalue weighted by molar-refractivity contribution is -0.133.